The molecule has 2 aliphatic heterocycles. The summed E-state index contributed by atoms with van der Waals surface area (Å²) in [5.74, 6) is -4.54. The number of hydrogen-bond donors (Lipinski definition) is 4. The number of amides is 4. The number of rotatable bonds is 6. The van der Waals surface area contributed by atoms with Crippen LogP contribution in [-0.4, -0.2) is 107 Å². The molecule has 0 radical (unpaired) electrons. The molecule has 20 heteroatoms. The quantitative estimate of drug-likeness (QED) is 0.212. The molecule has 7 rings (SSSR count). The van der Waals surface area contributed by atoms with Crippen molar-refractivity contribution in [1.29, 1.82) is 0 Å². The Labute approximate surface area is 297 Å². The number of hydrogen-bond acceptors (Lipinski definition) is 7. The fraction of sp³-hybridized carbons (Fsp3) is 0.500. The molecule has 0 spiro atoms. The third-order valence-electron chi connectivity index (χ3n) is 9.83. The molecule has 3 aromatic rings. The van der Waals surface area contributed by atoms with Crippen LogP contribution in [0.1, 0.15) is 71.2 Å². The van der Waals surface area contributed by atoms with E-state index in [0.717, 1.165) is 29.8 Å². The maximum absolute atomic E-state index is 13.8. The van der Waals surface area contributed by atoms with E-state index in [4.69, 9.17) is 21.5 Å². The van der Waals surface area contributed by atoms with Crippen LogP contribution >= 0.6 is 11.6 Å². The van der Waals surface area contributed by atoms with Crippen LogP contribution in [0.2, 0.25) is 5.02 Å². The SMILES string of the molecule is Cn1c(-c2cn(C3CC3(F)F)nc2C(F)(F)F)cnc1C(=O)Nc1ccc(C(=O)N2[C@@H]3CC[C@H]2CN(C(=O)N[C@H]2CCC[C@@H]2O)C3)c(Cl)c1.O=CO. The second-order valence-electron chi connectivity index (χ2n) is 13.2. The Kier molecular flexibility index (Phi) is 9.95. The number of urea groups is 1. The van der Waals surface area contributed by atoms with E-state index in [9.17, 15) is 41.4 Å². The molecule has 1 aromatic carbocycles. The number of alkyl halides is 5. The molecular weight excluding hydrogens is 723 g/mol. The number of halogens is 6. The zero-order valence-corrected chi connectivity index (χ0v) is 28.2. The zero-order chi connectivity index (χ0) is 37.7. The Morgan fingerprint density at radius 1 is 1.10 bits per heavy atom. The first kappa shape index (κ1) is 37.0. The smallest absolute Gasteiger partial charge is 0.435 e. The van der Waals surface area contributed by atoms with E-state index in [-0.39, 0.29) is 64.3 Å². The van der Waals surface area contributed by atoms with E-state index in [1.807, 2.05) is 0 Å². The highest BCUT2D eigenvalue weighted by Crippen LogP contribution is 2.53. The van der Waals surface area contributed by atoms with Crippen LogP contribution in [0.5, 0.6) is 0 Å². The topological polar surface area (TPSA) is 175 Å². The summed E-state index contributed by atoms with van der Waals surface area (Å²) in [5, 5.41) is 25.9. The lowest BCUT2D eigenvalue weighted by atomic mass is 10.1. The molecule has 2 saturated heterocycles. The number of likely N-dealkylation sites (tertiary alicyclic amines) is 1. The maximum Gasteiger partial charge on any atom is 0.435 e. The Morgan fingerprint density at radius 3 is 2.31 bits per heavy atom. The fourth-order valence-electron chi connectivity index (χ4n) is 7.16. The minimum absolute atomic E-state index is 0.0530. The van der Waals surface area contributed by atoms with Gasteiger partial charge < -0.3 is 35.2 Å². The number of benzene rings is 1. The fourth-order valence-corrected chi connectivity index (χ4v) is 7.42. The van der Waals surface area contributed by atoms with Gasteiger partial charge in [0, 0.05) is 38.4 Å². The summed E-state index contributed by atoms with van der Waals surface area (Å²) in [6.45, 7) is 0.430. The average Bonchev–Trinajstić information content (AvgIpc) is 3.54. The van der Waals surface area contributed by atoms with Crippen molar-refractivity contribution in [3.05, 3.63) is 52.7 Å². The molecule has 4 N–H and O–H groups in total. The zero-order valence-electron chi connectivity index (χ0n) is 27.5. The largest absolute Gasteiger partial charge is 0.483 e. The number of carboxylic acid groups (broad SMARTS) is 1. The molecule has 4 aliphatic rings. The van der Waals surface area contributed by atoms with Crippen molar-refractivity contribution in [2.24, 2.45) is 7.05 Å². The highest BCUT2D eigenvalue weighted by Gasteiger charge is 2.59. The summed E-state index contributed by atoms with van der Waals surface area (Å²) >= 11 is 6.52. The van der Waals surface area contributed by atoms with Crippen LogP contribution in [0.15, 0.2) is 30.6 Å². The average molecular weight is 757 g/mol. The number of fused-ring (bicyclic) bond motifs is 2. The molecule has 1 unspecified atom stereocenters. The van der Waals surface area contributed by atoms with Gasteiger partial charge in [-0.2, -0.15) is 18.3 Å². The maximum atomic E-state index is 13.8. The van der Waals surface area contributed by atoms with Gasteiger partial charge in [0.1, 0.15) is 6.04 Å². The Balaban J connectivity index is 0.00000150. The normalized spacial score (nSPS) is 24.6. The summed E-state index contributed by atoms with van der Waals surface area (Å²) in [6.07, 6.45) is -0.587. The standard InChI is InChI=1S/C31H32ClF5N8O4.CH2O2/c1-42-22(19-14-44(24-10-30(24,33)34)41-25(19)31(35,36)37)11-38-26(42)27(47)39-15-5-8-18(20(32)9-15)28(48)45-16-6-7-17(45)13-43(12-16)29(49)40-21-3-2-4-23(21)46;2-1-3/h5,8-9,11,14,16-17,21,23-24,46H,2-4,6-7,10,12-13H2,1H3,(H,39,47)(H,40,49);1H,(H,2,3)/t16-,17+,21-,23-,24?;/m0./s1. The van der Waals surface area contributed by atoms with Gasteiger partial charge in [0.15, 0.2) is 11.5 Å². The van der Waals surface area contributed by atoms with Gasteiger partial charge in [-0.15, -0.1) is 0 Å². The number of aliphatic hydroxyl groups excluding tert-OH is 1. The third-order valence-corrected chi connectivity index (χ3v) is 10.1. The minimum Gasteiger partial charge on any atom is -0.483 e. The number of nitrogens with zero attached hydrogens (tertiary/aromatic N) is 6. The summed E-state index contributed by atoms with van der Waals surface area (Å²) in [4.78, 5) is 55.5. The second kappa shape index (κ2) is 14.0. The first-order valence-corrected chi connectivity index (χ1v) is 16.7. The molecule has 2 bridgehead atoms. The van der Waals surface area contributed by atoms with Gasteiger partial charge in [-0.1, -0.05) is 11.6 Å². The van der Waals surface area contributed by atoms with Crippen molar-refractivity contribution in [2.45, 2.75) is 80.9 Å². The van der Waals surface area contributed by atoms with Crippen LogP contribution in [0.3, 0.4) is 0 Å². The molecular formula is C32H34ClF5N8O6. The van der Waals surface area contributed by atoms with E-state index in [2.05, 4.69) is 20.7 Å². The molecule has 4 amide bonds. The molecule has 14 nitrogen and oxygen atoms in total. The highest BCUT2D eigenvalue weighted by molar-refractivity contribution is 6.34. The lowest BCUT2D eigenvalue weighted by Gasteiger charge is -2.41. The summed E-state index contributed by atoms with van der Waals surface area (Å²) in [6, 6.07) is 1.83. The molecule has 5 atom stereocenters. The summed E-state index contributed by atoms with van der Waals surface area (Å²) < 4.78 is 70.3. The Morgan fingerprint density at radius 2 is 1.75 bits per heavy atom. The van der Waals surface area contributed by atoms with Crippen molar-refractivity contribution in [3.8, 4) is 11.3 Å². The number of carbonyl (C=O) groups excluding carboxylic acids is 3. The third kappa shape index (κ3) is 7.15. The van der Waals surface area contributed by atoms with Crippen LogP contribution < -0.4 is 10.6 Å². The van der Waals surface area contributed by atoms with E-state index in [0.29, 0.717) is 37.0 Å². The predicted molar refractivity (Wildman–Crippen MR) is 173 cm³/mol. The van der Waals surface area contributed by atoms with Crippen molar-refractivity contribution in [3.63, 3.8) is 0 Å². The molecule has 2 aliphatic carbocycles. The Bertz CT molecular complexity index is 1870. The molecule has 2 saturated carbocycles. The summed E-state index contributed by atoms with van der Waals surface area (Å²) in [7, 11) is 1.31. The van der Waals surface area contributed by atoms with Gasteiger partial charge >= 0.3 is 12.2 Å². The van der Waals surface area contributed by atoms with Gasteiger partial charge in [-0.3, -0.25) is 19.1 Å². The first-order chi connectivity index (χ1) is 24.5. The molecule has 52 heavy (non-hydrogen) atoms. The van der Waals surface area contributed by atoms with Crippen LogP contribution in [0, 0.1) is 0 Å². The van der Waals surface area contributed by atoms with Crippen LogP contribution in [0.25, 0.3) is 11.3 Å². The second-order valence-corrected chi connectivity index (χ2v) is 13.6. The number of piperazine rings is 1. The molecule has 4 fully saturated rings. The predicted octanol–water partition coefficient (Wildman–Crippen LogP) is 4.40. The first-order valence-electron chi connectivity index (χ1n) is 16.3. The number of nitrogens with one attached hydrogen (secondary N) is 2. The monoisotopic (exact) mass is 756 g/mol. The number of carbonyl (C=O) groups is 4. The van der Waals surface area contributed by atoms with Gasteiger partial charge in [0.2, 0.25) is 0 Å². The molecule has 4 heterocycles. The number of imidazole rings is 1. The lowest BCUT2D eigenvalue weighted by molar-refractivity contribution is -0.141. The van der Waals surface area contributed by atoms with Gasteiger partial charge in [-0.05, 0) is 50.3 Å². The minimum atomic E-state index is -4.95. The highest BCUT2D eigenvalue weighted by atomic mass is 35.5. The Hall–Kier alpha value is -4.78. The van der Waals surface area contributed by atoms with Crippen LogP contribution in [-0.2, 0) is 18.0 Å². The van der Waals surface area contributed by atoms with Crippen molar-refractivity contribution >= 4 is 41.6 Å². The van der Waals surface area contributed by atoms with E-state index < -0.39 is 47.8 Å². The van der Waals surface area contributed by atoms with Crippen molar-refractivity contribution in [1.82, 2.24) is 34.4 Å². The van der Waals surface area contributed by atoms with Gasteiger partial charge in [0.05, 0.1) is 52.3 Å². The van der Waals surface area contributed by atoms with Crippen molar-refractivity contribution in [2.75, 3.05) is 18.4 Å². The number of aromatic nitrogens is 4. The van der Waals surface area contributed by atoms with Crippen molar-refractivity contribution < 1.29 is 51.3 Å². The van der Waals surface area contributed by atoms with E-state index in [1.165, 1.54) is 25.2 Å². The van der Waals surface area contributed by atoms with E-state index >= 15 is 0 Å². The van der Waals surface area contributed by atoms with Crippen LogP contribution in [0.4, 0.5) is 32.4 Å². The molecule has 2 aromatic heterocycles. The summed E-state index contributed by atoms with van der Waals surface area (Å²) in [5.41, 5.74) is -1.65. The molecule has 280 valence electrons. The lowest BCUT2D eigenvalue weighted by Crippen LogP contribution is -2.60. The van der Waals surface area contributed by atoms with E-state index in [1.54, 1.807) is 9.80 Å². The number of anilines is 1. The van der Waals surface area contributed by atoms with Gasteiger partial charge in [-0.25, -0.2) is 18.6 Å². The number of aliphatic hydroxyl groups is 1. The van der Waals surface area contributed by atoms with Gasteiger partial charge in [0.25, 0.3) is 24.2 Å².